The topological polar surface area (TPSA) is 38.8 Å². The average Bonchev–Trinajstić information content (AvgIpc) is 3.13. The van der Waals surface area contributed by atoms with Crippen molar-refractivity contribution < 1.29 is 14.3 Å². The minimum absolute atomic E-state index is 0.193. The first kappa shape index (κ1) is 13.4. The molecular formula is C15H25NO3. The van der Waals surface area contributed by atoms with Gasteiger partial charge in [0.1, 0.15) is 0 Å². The molecule has 0 radical (unpaired) electrons. The third-order valence-electron chi connectivity index (χ3n) is 4.78. The van der Waals surface area contributed by atoms with Crippen molar-refractivity contribution in [2.24, 2.45) is 0 Å². The summed E-state index contributed by atoms with van der Waals surface area (Å²) in [6, 6.07) is 0.919. The highest BCUT2D eigenvalue weighted by Crippen LogP contribution is 2.32. The average molecular weight is 267 g/mol. The first-order valence-corrected chi connectivity index (χ1v) is 7.88. The summed E-state index contributed by atoms with van der Waals surface area (Å²) >= 11 is 0. The summed E-state index contributed by atoms with van der Waals surface area (Å²) in [7, 11) is 0. The molecule has 1 heterocycles. The molecular weight excluding hydrogens is 242 g/mol. The fourth-order valence-corrected chi connectivity index (χ4v) is 3.82. The summed E-state index contributed by atoms with van der Waals surface area (Å²) in [5.41, 5.74) is 0. The van der Waals surface area contributed by atoms with E-state index in [9.17, 15) is 4.79 Å². The van der Waals surface area contributed by atoms with Crippen molar-refractivity contribution in [2.45, 2.75) is 69.6 Å². The largest absolute Gasteiger partial charge is 0.376 e. The normalized spacial score (nSPS) is 29.8. The summed E-state index contributed by atoms with van der Waals surface area (Å²) < 4.78 is 11.0. The van der Waals surface area contributed by atoms with Crippen LogP contribution in [0.5, 0.6) is 0 Å². The molecule has 0 N–H and O–H groups in total. The zero-order valence-corrected chi connectivity index (χ0v) is 11.7. The molecule has 0 aromatic carbocycles. The van der Waals surface area contributed by atoms with Gasteiger partial charge in [-0.1, -0.05) is 25.7 Å². The van der Waals surface area contributed by atoms with E-state index in [1.807, 2.05) is 0 Å². The molecule has 0 aromatic rings. The molecule has 1 aliphatic heterocycles. The van der Waals surface area contributed by atoms with Crippen molar-refractivity contribution in [3.05, 3.63) is 0 Å². The summed E-state index contributed by atoms with van der Waals surface area (Å²) in [5, 5.41) is 0. The standard InChI is InChI=1S/C15H25NO3/c17-15(14-11-18-9-10-19-14)16(12-5-1-2-6-12)13-7-3-4-8-13/h12-14H,1-11H2. The van der Waals surface area contributed by atoms with Gasteiger partial charge in [-0.05, 0) is 25.7 Å². The van der Waals surface area contributed by atoms with Crippen LogP contribution in [0.4, 0.5) is 0 Å². The van der Waals surface area contributed by atoms with E-state index in [0.717, 1.165) is 0 Å². The SMILES string of the molecule is O=C(C1COCCO1)N(C1CCCC1)C1CCCC1. The van der Waals surface area contributed by atoms with Crippen molar-refractivity contribution in [1.82, 2.24) is 4.90 Å². The van der Waals surface area contributed by atoms with E-state index in [2.05, 4.69) is 4.90 Å². The molecule has 0 bridgehead atoms. The van der Waals surface area contributed by atoms with Crippen molar-refractivity contribution >= 4 is 5.91 Å². The fraction of sp³-hybridized carbons (Fsp3) is 0.933. The molecule has 1 atom stereocenters. The monoisotopic (exact) mass is 267 g/mol. The molecule has 108 valence electrons. The summed E-state index contributed by atoms with van der Waals surface area (Å²) in [4.78, 5) is 15.0. The molecule has 1 amide bonds. The van der Waals surface area contributed by atoms with Crippen molar-refractivity contribution in [2.75, 3.05) is 19.8 Å². The van der Waals surface area contributed by atoms with Crippen LogP contribution < -0.4 is 0 Å². The van der Waals surface area contributed by atoms with Gasteiger partial charge >= 0.3 is 0 Å². The Morgan fingerprint density at radius 2 is 1.47 bits per heavy atom. The van der Waals surface area contributed by atoms with Gasteiger partial charge in [0.05, 0.1) is 19.8 Å². The van der Waals surface area contributed by atoms with E-state index < -0.39 is 0 Å². The molecule has 1 saturated heterocycles. The van der Waals surface area contributed by atoms with Crippen LogP contribution in [0.3, 0.4) is 0 Å². The number of hydrogen-bond acceptors (Lipinski definition) is 3. The van der Waals surface area contributed by atoms with Gasteiger partial charge in [-0.2, -0.15) is 0 Å². The Labute approximate surface area is 115 Å². The first-order valence-electron chi connectivity index (χ1n) is 7.88. The lowest BCUT2D eigenvalue weighted by Crippen LogP contribution is -2.52. The molecule has 19 heavy (non-hydrogen) atoms. The second-order valence-electron chi connectivity index (χ2n) is 6.06. The van der Waals surface area contributed by atoms with Gasteiger partial charge < -0.3 is 14.4 Å². The maximum absolute atomic E-state index is 12.8. The predicted octanol–water partition coefficient (Wildman–Crippen LogP) is 2.12. The Bertz CT molecular complexity index is 287. The van der Waals surface area contributed by atoms with Crippen molar-refractivity contribution in [1.29, 1.82) is 0 Å². The van der Waals surface area contributed by atoms with Crippen LogP contribution in [0, 0.1) is 0 Å². The van der Waals surface area contributed by atoms with Gasteiger partial charge in [-0.15, -0.1) is 0 Å². The van der Waals surface area contributed by atoms with Crippen LogP contribution >= 0.6 is 0 Å². The molecule has 2 saturated carbocycles. The number of carbonyl (C=O) groups excluding carboxylic acids is 1. The van der Waals surface area contributed by atoms with E-state index in [4.69, 9.17) is 9.47 Å². The Balaban J connectivity index is 1.70. The molecule has 0 spiro atoms. The Hall–Kier alpha value is -0.610. The van der Waals surface area contributed by atoms with Gasteiger partial charge in [-0.25, -0.2) is 0 Å². The zero-order chi connectivity index (χ0) is 13.1. The molecule has 4 nitrogen and oxygen atoms in total. The maximum Gasteiger partial charge on any atom is 0.254 e. The minimum Gasteiger partial charge on any atom is -0.376 e. The first-order chi connectivity index (χ1) is 9.36. The van der Waals surface area contributed by atoms with Crippen molar-refractivity contribution in [3.63, 3.8) is 0 Å². The van der Waals surface area contributed by atoms with Crippen LogP contribution in [0.2, 0.25) is 0 Å². The summed E-state index contributed by atoms with van der Waals surface area (Å²) in [6.45, 7) is 1.62. The second kappa shape index (κ2) is 6.23. The van der Waals surface area contributed by atoms with Gasteiger partial charge in [0.25, 0.3) is 5.91 Å². The minimum atomic E-state index is -0.352. The fourth-order valence-electron chi connectivity index (χ4n) is 3.82. The van der Waals surface area contributed by atoms with Gasteiger partial charge in [-0.3, -0.25) is 4.79 Å². The predicted molar refractivity (Wildman–Crippen MR) is 71.9 cm³/mol. The van der Waals surface area contributed by atoms with E-state index in [-0.39, 0.29) is 12.0 Å². The van der Waals surface area contributed by atoms with E-state index >= 15 is 0 Å². The highest BCUT2D eigenvalue weighted by Gasteiger charge is 2.38. The third kappa shape index (κ3) is 2.95. The number of nitrogens with zero attached hydrogens (tertiary/aromatic N) is 1. The lowest BCUT2D eigenvalue weighted by atomic mass is 10.1. The molecule has 3 fully saturated rings. The number of amides is 1. The second-order valence-corrected chi connectivity index (χ2v) is 6.06. The van der Waals surface area contributed by atoms with E-state index in [0.29, 0.717) is 31.9 Å². The Kier molecular flexibility index (Phi) is 4.38. The maximum atomic E-state index is 12.8. The zero-order valence-electron chi connectivity index (χ0n) is 11.7. The van der Waals surface area contributed by atoms with Crippen LogP contribution in [0.15, 0.2) is 0 Å². The number of hydrogen-bond donors (Lipinski definition) is 0. The van der Waals surface area contributed by atoms with Crippen LogP contribution in [-0.2, 0) is 14.3 Å². The van der Waals surface area contributed by atoms with E-state index in [1.165, 1.54) is 51.4 Å². The van der Waals surface area contributed by atoms with Gasteiger partial charge in [0, 0.05) is 12.1 Å². The Morgan fingerprint density at radius 3 is 1.95 bits per heavy atom. The smallest absolute Gasteiger partial charge is 0.254 e. The van der Waals surface area contributed by atoms with Gasteiger partial charge in [0.15, 0.2) is 6.10 Å². The molecule has 3 aliphatic rings. The molecule has 4 heteroatoms. The highest BCUT2D eigenvalue weighted by atomic mass is 16.6. The molecule has 3 rings (SSSR count). The van der Waals surface area contributed by atoms with E-state index in [1.54, 1.807) is 0 Å². The lowest BCUT2D eigenvalue weighted by molar-refractivity contribution is -0.162. The lowest BCUT2D eigenvalue weighted by Gasteiger charge is -2.37. The quantitative estimate of drug-likeness (QED) is 0.786. The van der Waals surface area contributed by atoms with Crippen LogP contribution in [0.25, 0.3) is 0 Å². The highest BCUT2D eigenvalue weighted by molar-refractivity contribution is 5.82. The summed E-state index contributed by atoms with van der Waals surface area (Å²) in [5.74, 6) is 0.193. The number of rotatable bonds is 3. The number of carbonyl (C=O) groups is 1. The number of ether oxygens (including phenoxy) is 2. The third-order valence-corrected chi connectivity index (χ3v) is 4.78. The molecule has 1 unspecified atom stereocenters. The molecule has 2 aliphatic carbocycles. The van der Waals surface area contributed by atoms with Crippen LogP contribution in [0.1, 0.15) is 51.4 Å². The van der Waals surface area contributed by atoms with Gasteiger partial charge in [0.2, 0.25) is 0 Å². The molecule has 0 aromatic heterocycles. The van der Waals surface area contributed by atoms with Crippen LogP contribution in [-0.4, -0.2) is 48.8 Å². The van der Waals surface area contributed by atoms with Crippen molar-refractivity contribution in [3.8, 4) is 0 Å². The Morgan fingerprint density at radius 1 is 0.895 bits per heavy atom. The summed E-state index contributed by atoms with van der Waals surface area (Å²) in [6.07, 6.45) is 9.42.